The number of rotatable bonds is 0. The monoisotopic (exact) mass is 298 g/mol. The summed E-state index contributed by atoms with van der Waals surface area (Å²) in [6.45, 7) is 6.18. The van der Waals surface area contributed by atoms with Crippen molar-refractivity contribution in [2.24, 2.45) is 0 Å². The molecule has 0 aliphatic carbocycles. The molecule has 3 aliphatic heterocycles. The normalized spacial score (nSPS) is 35.2. The van der Waals surface area contributed by atoms with Crippen LogP contribution in [-0.4, -0.2) is 41.3 Å². The van der Waals surface area contributed by atoms with Gasteiger partial charge in [-0.25, -0.2) is 4.79 Å². The molecule has 5 heteroatoms. The van der Waals surface area contributed by atoms with E-state index in [0.717, 1.165) is 11.3 Å². The highest BCUT2D eigenvalue weighted by atomic mass is 16.6. The van der Waals surface area contributed by atoms with Gasteiger partial charge in [0, 0.05) is 12.2 Å². The van der Waals surface area contributed by atoms with Crippen molar-refractivity contribution in [3.05, 3.63) is 29.8 Å². The van der Waals surface area contributed by atoms with Crippen molar-refractivity contribution in [1.82, 2.24) is 4.90 Å². The van der Waals surface area contributed by atoms with Gasteiger partial charge in [-0.3, -0.25) is 4.90 Å². The number of anilines is 1. The van der Waals surface area contributed by atoms with Gasteiger partial charge in [0.25, 0.3) is 0 Å². The molecule has 1 aromatic rings. The number of hydrogen-bond donors (Lipinski definition) is 0. The molecule has 5 nitrogen and oxygen atoms in total. The third-order valence-corrected chi connectivity index (χ3v) is 4.55. The van der Waals surface area contributed by atoms with E-state index in [2.05, 4.69) is 11.0 Å². The first kappa shape index (κ1) is 12.3. The standard InChI is InChI=1S/C17H19N3O2/c1-17(2,3)22-16(21)20-13-9-19-12-7-5-4-6-10(12)11(8-18)14(19)15(13)20/h4-7,11,13-15H,9H2,1-3H3/t11-,13+,14+,15+,20?/m1/s1/i11D. The first-order valence-electron chi connectivity index (χ1n) is 8.06. The lowest BCUT2D eigenvalue weighted by atomic mass is 9.94. The van der Waals surface area contributed by atoms with Gasteiger partial charge in [-0.15, -0.1) is 0 Å². The van der Waals surface area contributed by atoms with Crippen LogP contribution in [0.25, 0.3) is 0 Å². The Bertz CT molecular complexity index is 738. The van der Waals surface area contributed by atoms with Crippen LogP contribution in [0, 0.1) is 11.3 Å². The molecule has 0 unspecified atom stereocenters. The zero-order valence-electron chi connectivity index (χ0n) is 13.9. The molecule has 0 saturated carbocycles. The molecule has 3 heterocycles. The lowest BCUT2D eigenvalue weighted by molar-refractivity contribution is 0.0382. The van der Waals surface area contributed by atoms with Gasteiger partial charge in [-0.1, -0.05) is 18.2 Å². The van der Waals surface area contributed by atoms with Crippen molar-refractivity contribution in [1.29, 1.82) is 5.26 Å². The molecule has 2 fully saturated rings. The fourth-order valence-electron chi connectivity index (χ4n) is 3.74. The maximum Gasteiger partial charge on any atom is 0.411 e. The molecule has 0 spiro atoms. The van der Waals surface area contributed by atoms with E-state index in [0.29, 0.717) is 6.54 Å². The number of carbonyl (C=O) groups is 1. The summed E-state index contributed by atoms with van der Waals surface area (Å²) in [4.78, 5) is 16.1. The smallest absolute Gasteiger partial charge is 0.411 e. The minimum absolute atomic E-state index is 0.0429. The molecule has 0 aromatic heterocycles. The van der Waals surface area contributed by atoms with E-state index in [4.69, 9.17) is 6.11 Å². The molecule has 1 amide bonds. The van der Waals surface area contributed by atoms with E-state index in [1.807, 2.05) is 45.0 Å². The van der Waals surface area contributed by atoms with Crippen LogP contribution < -0.4 is 4.90 Å². The van der Waals surface area contributed by atoms with Crippen LogP contribution in [-0.2, 0) is 4.74 Å². The molecular formula is C17H19N3O2. The predicted octanol–water partition coefficient (Wildman–Crippen LogP) is 2.48. The minimum atomic E-state index is -1.34. The lowest BCUT2D eigenvalue weighted by Crippen LogP contribution is -2.40. The second-order valence-electron chi connectivity index (χ2n) is 7.09. The molecule has 114 valence electrons. The summed E-state index contributed by atoms with van der Waals surface area (Å²) in [5.41, 5.74) is 1.15. The largest absolute Gasteiger partial charge is 0.444 e. The fraction of sp³-hybridized carbons (Fsp3) is 0.529. The summed E-state index contributed by atoms with van der Waals surface area (Å²) in [6, 6.07) is 9.38. The van der Waals surface area contributed by atoms with Gasteiger partial charge in [0.05, 0.1) is 31.5 Å². The second kappa shape index (κ2) is 4.16. The molecule has 1 aromatic carbocycles. The van der Waals surface area contributed by atoms with Crippen LogP contribution in [0.5, 0.6) is 0 Å². The quantitative estimate of drug-likeness (QED) is 0.691. The average molecular weight is 298 g/mol. The van der Waals surface area contributed by atoms with Gasteiger partial charge < -0.3 is 9.64 Å². The Balaban J connectivity index is 1.64. The van der Waals surface area contributed by atoms with Crippen LogP contribution in [0.4, 0.5) is 10.5 Å². The number of ether oxygens (including phenoxy) is 1. The third kappa shape index (κ3) is 1.73. The number of amides is 1. The maximum absolute atomic E-state index is 12.3. The van der Waals surface area contributed by atoms with Gasteiger partial charge in [-0.2, -0.15) is 5.26 Å². The Morgan fingerprint density at radius 1 is 1.41 bits per heavy atom. The van der Waals surface area contributed by atoms with Crippen molar-refractivity contribution in [3.63, 3.8) is 0 Å². The van der Waals surface area contributed by atoms with E-state index in [1.54, 1.807) is 4.90 Å². The number of carbonyl (C=O) groups excluding carboxylic acids is 1. The van der Waals surface area contributed by atoms with Gasteiger partial charge in [0.15, 0.2) is 0 Å². The summed E-state index contributed by atoms with van der Waals surface area (Å²) >= 11 is 0. The van der Waals surface area contributed by atoms with E-state index in [-0.39, 0.29) is 24.2 Å². The molecule has 0 radical (unpaired) electrons. The van der Waals surface area contributed by atoms with Gasteiger partial charge in [0.1, 0.15) is 5.60 Å². The number of fused-ring (bicyclic) bond motifs is 5. The van der Waals surface area contributed by atoms with Crippen LogP contribution in [0.15, 0.2) is 24.3 Å². The summed E-state index contributed by atoms with van der Waals surface area (Å²) in [5.74, 6) is -1.34. The molecule has 4 rings (SSSR count). The Labute approximate surface area is 131 Å². The zero-order valence-corrected chi connectivity index (χ0v) is 12.9. The Hall–Kier alpha value is -2.22. The number of para-hydroxylation sites is 1. The van der Waals surface area contributed by atoms with Crippen LogP contribution in [0.1, 0.15) is 33.6 Å². The van der Waals surface area contributed by atoms with Crippen molar-refractivity contribution in [2.75, 3.05) is 11.4 Å². The number of nitrogens with zero attached hydrogens (tertiary/aromatic N) is 3. The Kier molecular flexibility index (Phi) is 2.33. The number of benzene rings is 1. The predicted molar refractivity (Wildman–Crippen MR) is 81.6 cm³/mol. The minimum Gasteiger partial charge on any atom is -0.444 e. The van der Waals surface area contributed by atoms with Gasteiger partial charge in [-0.05, 0) is 32.4 Å². The maximum atomic E-state index is 12.3. The highest BCUT2D eigenvalue weighted by molar-refractivity contribution is 5.77. The van der Waals surface area contributed by atoms with Gasteiger partial charge >= 0.3 is 6.09 Å². The van der Waals surface area contributed by atoms with Crippen molar-refractivity contribution in [2.45, 2.75) is 50.4 Å². The Morgan fingerprint density at radius 3 is 2.82 bits per heavy atom. The summed E-state index contributed by atoms with van der Waals surface area (Å²) in [7, 11) is 0. The highest BCUT2D eigenvalue weighted by Gasteiger charge is 2.67. The topological polar surface area (TPSA) is 56.3 Å². The summed E-state index contributed by atoms with van der Waals surface area (Å²) in [6.07, 6.45) is -0.344. The molecule has 22 heavy (non-hydrogen) atoms. The van der Waals surface area contributed by atoms with Crippen molar-refractivity contribution in [3.8, 4) is 6.07 Å². The molecule has 2 saturated heterocycles. The van der Waals surface area contributed by atoms with Crippen LogP contribution >= 0.6 is 0 Å². The lowest BCUT2D eigenvalue weighted by Gasteiger charge is -2.27. The molecule has 0 bridgehead atoms. The van der Waals surface area contributed by atoms with Crippen molar-refractivity contribution >= 4 is 11.8 Å². The highest BCUT2D eigenvalue weighted by Crippen LogP contribution is 2.53. The summed E-state index contributed by atoms with van der Waals surface area (Å²) in [5, 5.41) is 9.67. The SMILES string of the molecule is [2H][C@@]1(C#N)c2ccccc2N2C[C@H]3[C@@H]([C@@H]21)N3C(=O)OC(C)(C)C. The van der Waals surface area contributed by atoms with E-state index in [1.165, 1.54) is 0 Å². The zero-order chi connectivity index (χ0) is 16.6. The van der Waals surface area contributed by atoms with E-state index in [9.17, 15) is 10.1 Å². The first-order valence-corrected chi connectivity index (χ1v) is 7.56. The van der Waals surface area contributed by atoms with Gasteiger partial charge in [0.2, 0.25) is 0 Å². The molecule has 4 atom stereocenters. The summed E-state index contributed by atoms with van der Waals surface area (Å²) < 4.78 is 14.2. The fourth-order valence-corrected chi connectivity index (χ4v) is 3.74. The van der Waals surface area contributed by atoms with Crippen molar-refractivity contribution < 1.29 is 10.9 Å². The van der Waals surface area contributed by atoms with Crippen LogP contribution in [0.2, 0.25) is 0 Å². The second-order valence-corrected chi connectivity index (χ2v) is 7.09. The van der Waals surface area contributed by atoms with E-state index < -0.39 is 11.5 Å². The first-order chi connectivity index (χ1) is 10.8. The molecule has 0 N–H and O–H groups in total. The molecular weight excluding hydrogens is 278 g/mol. The van der Waals surface area contributed by atoms with E-state index >= 15 is 0 Å². The third-order valence-electron chi connectivity index (χ3n) is 4.55. The number of hydrogen-bond acceptors (Lipinski definition) is 4. The number of piperazine rings is 1. The average Bonchev–Trinajstić information content (AvgIpc) is 2.94. The number of nitriles is 1. The molecule has 3 aliphatic rings. The van der Waals surface area contributed by atoms with Crippen LogP contribution in [0.3, 0.4) is 0 Å². The Morgan fingerprint density at radius 2 is 2.14 bits per heavy atom.